The van der Waals surface area contributed by atoms with Crippen LogP contribution >= 0.6 is 11.3 Å². The topological polar surface area (TPSA) is 72.4 Å². The molecule has 0 spiro atoms. The minimum Gasteiger partial charge on any atom is -0.444 e. The van der Waals surface area contributed by atoms with Crippen LogP contribution in [0.1, 0.15) is 58.0 Å². The van der Waals surface area contributed by atoms with Crippen molar-refractivity contribution in [1.29, 1.82) is 0 Å². The molecule has 0 aliphatic carbocycles. The number of hydrogen-bond acceptors (Lipinski definition) is 6. The van der Waals surface area contributed by atoms with E-state index in [0.29, 0.717) is 18.0 Å². The quantitative estimate of drug-likeness (QED) is 0.846. The Morgan fingerprint density at radius 3 is 2.30 bits per heavy atom. The average molecular weight is 339 g/mol. The monoisotopic (exact) mass is 339 g/mol. The summed E-state index contributed by atoms with van der Waals surface area (Å²) in [4.78, 5) is 26.0. The fraction of sp³-hybridized carbons (Fsp3) is 0.750. The number of rotatable bonds is 3. The van der Waals surface area contributed by atoms with Crippen LogP contribution in [0, 0.1) is 0 Å². The zero-order chi connectivity index (χ0) is 17.4. The Labute approximate surface area is 141 Å². The summed E-state index contributed by atoms with van der Waals surface area (Å²) >= 11 is 1.46. The van der Waals surface area contributed by atoms with Crippen molar-refractivity contribution in [2.45, 2.75) is 71.4 Å². The first-order valence-electron chi connectivity index (χ1n) is 7.82. The zero-order valence-corrected chi connectivity index (χ0v) is 15.5. The van der Waals surface area contributed by atoms with Gasteiger partial charge in [0.25, 0.3) is 0 Å². The summed E-state index contributed by atoms with van der Waals surface area (Å²) in [6, 6.07) is -0.396. The average Bonchev–Trinajstić information content (AvgIpc) is 2.72. The van der Waals surface area contributed by atoms with Crippen LogP contribution in [0.5, 0.6) is 0 Å². The van der Waals surface area contributed by atoms with E-state index in [-0.39, 0.29) is 17.6 Å². The summed E-state index contributed by atoms with van der Waals surface area (Å²) in [5.74, 6) is -0.00119. The number of carbonyl (C=O) groups excluding carboxylic acids is 2. The smallest absolute Gasteiger partial charge is 0.410 e. The van der Waals surface area contributed by atoms with E-state index < -0.39 is 17.7 Å². The lowest BCUT2D eigenvalue weighted by molar-refractivity contribution is -0.127. The second-order valence-electron chi connectivity index (χ2n) is 7.87. The van der Waals surface area contributed by atoms with Crippen LogP contribution in [0.4, 0.5) is 4.79 Å². The molecule has 2 heterocycles. The third-order valence-corrected chi connectivity index (χ3v) is 4.80. The third kappa shape index (κ3) is 4.50. The van der Waals surface area contributed by atoms with Crippen LogP contribution in [-0.4, -0.2) is 45.2 Å². The highest BCUT2D eigenvalue weighted by Crippen LogP contribution is 2.27. The first-order chi connectivity index (χ1) is 10.5. The van der Waals surface area contributed by atoms with E-state index >= 15 is 0 Å². The summed E-state index contributed by atoms with van der Waals surface area (Å²) in [7, 11) is 0. The number of amides is 1. The molecule has 0 radical (unpaired) electrons. The molecule has 1 atom stereocenters. The number of aromatic nitrogens is 2. The molecule has 1 aromatic rings. The minimum absolute atomic E-state index is 0.00119. The molecule has 0 saturated carbocycles. The molecule has 0 aromatic carbocycles. The molecule has 1 amide bonds. The van der Waals surface area contributed by atoms with Gasteiger partial charge in [-0.25, -0.2) is 4.79 Å². The predicted molar refractivity (Wildman–Crippen MR) is 88.7 cm³/mol. The van der Waals surface area contributed by atoms with E-state index in [1.807, 2.05) is 20.8 Å². The molecule has 2 rings (SSSR count). The van der Waals surface area contributed by atoms with E-state index in [0.717, 1.165) is 5.01 Å². The first-order valence-corrected chi connectivity index (χ1v) is 8.64. The Bertz CT molecular complexity index is 598. The van der Waals surface area contributed by atoms with Gasteiger partial charge in [0, 0.05) is 12.0 Å². The number of ketones is 1. The molecule has 128 valence electrons. The number of ether oxygens (including phenoxy) is 1. The largest absolute Gasteiger partial charge is 0.444 e. The SMILES string of the molecule is CC(C)(C)OC(=O)N1CC[C@H]1C(=O)Cc1nnc(C(C)(C)C)s1. The standard InChI is InChI=1S/C16H25N3O3S/c1-15(2,3)13-18-17-12(23-13)9-11(20)10-7-8-19(10)14(21)22-16(4,5)6/h10H,7-9H2,1-6H3/t10-/m0/s1. The van der Waals surface area contributed by atoms with Gasteiger partial charge in [0.05, 0.1) is 12.5 Å². The third-order valence-electron chi connectivity index (χ3n) is 3.45. The van der Waals surface area contributed by atoms with Crippen LogP contribution in [0.15, 0.2) is 0 Å². The molecule has 7 heteroatoms. The van der Waals surface area contributed by atoms with Gasteiger partial charge in [0.2, 0.25) is 0 Å². The molecular formula is C16H25N3O3S. The number of carbonyl (C=O) groups is 2. The molecule has 0 bridgehead atoms. The fourth-order valence-corrected chi connectivity index (χ4v) is 3.06. The van der Waals surface area contributed by atoms with Gasteiger partial charge in [-0.1, -0.05) is 20.8 Å². The van der Waals surface area contributed by atoms with Crippen molar-refractivity contribution in [3.63, 3.8) is 0 Å². The van der Waals surface area contributed by atoms with E-state index in [9.17, 15) is 9.59 Å². The minimum atomic E-state index is -0.554. The van der Waals surface area contributed by atoms with Gasteiger partial charge < -0.3 is 4.74 Å². The van der Waals surface area contributed by atoms with Gasteiger partial charge in [0.1, 0.15) is 15.6 Å². The highest BCUT2D eigenvalue weighted by Gasteiger charge is 2.39. The molecule has 1 saturated heterocycles. The van der Waals surface area contributed by atoms with Crippen LogP contribution in [-0.2, 0) is 21.4 Å². The molecule has 1 aliphatic rings. The van der Waals surface area contributed by atoms with Crippen LogP contribution in [0.3, 0.4) is 0 Å². The van der Waals surface area contributed by atoms with Crippen molar-refractivity contribution >= 4 is 23.2 Å². The van der Waals surface area contributed by atoms with Crippen molar-refractivity contribution in [1.82, 2.24) is 15.1 Å². The lowest BCUT2D eigenvalue weighted by atomic mass is 9.97. The van der Waals surface area contributed by atoms with Crippen molar-refractivity contribution in [2.75, 3.05) is 6.54 Å². The van der Waals surface area contributed by atoms with E-state index in [4.69, 9.17) is 4.74 Å². The van der Waals surface area contributed by atoms with E-state index in [2.05, 4.69) is 31.0 Å². The van der Waals surface area contributed by atoms with Gasteiger partial charge in [0.15, 0.2) is 5.78 Å². The maximum absolute atomic E-state index is 12.4. The lowest BCUT2D eigenvalue weighted by Gasteiger charge is -2.40. The molecule has 1 aromatic heterocycles. The fourth-order valence-electron chi connectivity index (χ4n) is 2.16. The second kappa shape index (κ2) is 6.19. The number of nitrogens with zero attached hydrogens (tertiary/aromatic N) is 3. The normalized spacial score (nSPS) is 18.5. The Hall–Kier alpha value is -1.50. The molecule has 1 fully saturated rings. The maximum Gasteiger partial charge on any atom is 0.410 e. The maximum atomic E-state index is 12.4. The molecular weight excluding hydrogens is 314 g/mol. The summed E-state index contributed by atoms with van der Waals surface area (Å²) < 4.78 is 5.33. The zero-order valence-electron chi connectivity index (χ0n) is 14.7. The summed E-state index contributed by atoms with van der Waals surface area (Å²) in [6.45, 7) is 12.2. The molecule has 1 aliphatic heterocycles. The van der Waals surface area contributed by atoms with Crippen molar-refractivity contribution in [3.8, 4) is 0 Å². The summed E-state index contributed by atoms with van der Waals surface area (Å²) in [5.41, 5.74) is -0.626. The number of likely N-dealkylation sites (tertiary alicyclic amines) is 1. The van der Waals surface area contributed by atoms with Gasteiger partial charge in [-0.2, -0.15) is 0 Å². The van der Waals surface area contributed by atoms with E-state index in [1.54, 1.807) is 0 Å². The highest BCUT2D eigenvalue weighted by molar-refractivity contribution is 7.11. The van der Waals surface area contributed by atoms with Crippen LogP contribution < -0.4 is 0 Å². The Balaban J connectivity index is 1.96. The van der Waals surface area contributed by atoms with Gasteiger partial charge in [-0.3, -0.25) is 9.69 Å². The van der Waals surface area contributed by atoms with Crippen molar-refractivity contribution < 1.29 is 14.3 Å². The first kappa shape index (κ1) is 17.8. The predicted octanol–water partition coefficient (Wildman–Crippen LogP) is 2.96. The number of hydrogen-bond donors (Lipinski definition) is 0. The Morgan fingerprint density at radius 1 is 1.22 bits per heavy atom. The van der Waals surface area contributed by atoms with Gasteiger partial charge in [-0.05, 0) is 27.2 Å². The number of Topliss-reactive ketones (excluding diaryl/α,β-unsaturated/α-hetero) is 1. The molecule has 6 nitrogen and oxygen atoms in total. The van der Waals surface area contributed by atoms with E-state index in [1.165, 1.54) is 16.2 Å². The highest BCUT2D eigenvalue weighted by atomic mass is 32.1. The summed E-state index contributed by atoms with van der Waals surface area (Å²) in [6.07, 6.45) is 0.482. The van der Waals surface area contributed by atoms with Crippen molar-refractivity contribution in [3.05, 3.63) is 10.0 Å². The molecule has 0 N–H and O–H groups in total. The van der Waals surface area contributed by atoms with Gasteiger partial charge >= 0.3 is 6.09 Å². The van der Waals surface area contributed by atoms with Gasteiger partial charge in [-0.15, -0.1) is 21.5 Å². The summed E-state index contributed by atoms with van der Waals surface area (Å²) in [5, 5.41) is 9.88. The Kier molecular flexibility index (Phi) is 4.80. The van der Waals surface area contributed by atoms with Crippen LogP contribution in [0.25, 0.3) is 0 Å². The Morgan fingerprint density at radius 2 is 1.87 bits per heavy atom. The van der Waals surface area contributed by atoms with Crippen LogP contribution in [0.2, 0.25) is 0 Å². The second-order valence-corrected chi connectivity index (χ2v) is 8.93. The molecule has 23 heavy (non-hydrogen) atoms. The lowest BCUT2D eigenvalue weighted by Crippen LogP contribution is -2.56. The molecule has 0 unspecified atom stereocenters. The van der Waals surface area contributed by atoms with Crippen molar-refractivity contribution in [2.24, 2.45) is 0 Å².